The van der Waals surface area contributed by atoms with Crippen LogP contribution in [-0.2, 0) is 19.1 Å². The summed E-state index contributed by atoms with van der Waals surface area (Å²) >= 11 is 0. The molecule has 2 aromatic carbocycles. The van der Waals surface area contributed by atoms with Gasteiger partial charge in [-0.2, -0.15) is 0 Å². The fraction of sp³-hybridized carbons (Fsp3) is 0.333. The van der Waals surface area contributed by atoms with Crippen molar-refractivity contribution in [3.63, 3.8) is 0 Å². The van der Waals surface area contributed by atoms with E-state index in [1.165, 1.54) is 0 Å². The molecule has 0 radical (unpaired) electrons. The lowest BCUT2D eigenvalue weighted by molar-refractivity contribution is -0.140. The first-order valence-corrected chi connectivity index (χ1v) is 11.2. The van der Waals surface area contributed by atoms with E-state index in [1.807, 2.05) is 48.5 Å². The van der Waals surface area contributed by atoms with Crippen LogP contribution in [0, 0.1) is 0 Å². The number of hydrogen-bond acceptors (Lipinski definition) is 6. The molecule has 2 aliphatic rings. The second-order valence-corrected chi connectivity index (χ2v) is 8.35. The Balaban J connectivity index is 1.39. The van der Waals surface area contributed by atoms with Crippen molar-refractivity contribution in [1.82, 2.24) is 0 Å². The molecule has 6 nitrogen and oxygen atoms in total. The van der Waals surface area contributed by atoms with E-state index < -0.39 is 6.29 Å². The summed E-state index contributed by atoms with van der Waals surface area (Å²) in [6, 6.07) is 15.0. The van der Waals surface area contributed by atoms with E-state index in [-0.39, 0.29) is 24.1 Å². The smallest absolute Gasteiger partial charge is 0.334 e. The summed E-state index contributed by atoms with van der Waals surface area (Å²) in [6.07, 6.45) is 2.70. The van der Waals surface area contributed by atoms with Crippen LogP contribution in [0.15, 0.2) is 72.8 Å². The zero-order valence-electron chi connectivity index (χ0n) is 18.8. The largest absolute Gasteiger partial charge is 0.455 e. The highest BCUT2D eigenvalue weighted by Crippen LogP contribution is 2.34. The third-order valence-corrected chi connectivity index (χ3v) is 5.77. The maximum absolute atomic E-state index is 11.6. The SMILES string of the molecule is C=C1CC(c2ccc(OC(CCCC)Oc3ccc(C4CC(=C)C(=O)O4)cc3)cc2)OC1=O. The molecule has 0 aliphatic carbocycles. The molecule has 2 heterocycles. The number of benzene rings is 2. The van der Waals surface area contributed by atoms with Gasteiger partial charge in [-0.25, -0.2) is 9.59 Å². The van der Waals surface area contributed by atoms with Crippen LogP contribution in [0.4, 0.5) is 0 Å². The first-order valence-electron chi connectivity index (χ1n) is 11.2. The highest BCUT2D eigenvalue weighted by molar-refractivity contribution is 5.90. The average Bonchev–Trinajstić information content (AvgIpc) is 3.33. The van der Waals surface area contributed by atoms with Crippen LogP contribution in [-0.4, -0.2) is 18.2 Å². The lowest BCUT2D eigenvalue weighted by atomic mass is 10.1. The van der Waals surface area contributed by atoms with Gasteiger partial charge in [0.2, 0.25) is 6.29 Å². The quantitative estimate of drug-likeness (QED) is 0.276. The predicted molar refractivity (Wildman–Crippen MR) is 123 cm³/mol. The summed E-state index contributed by atoms with van der Waals surface area (Å²) in [6.45, 7) is 9.58. The topological polar surface area (TPSA) is 71.1 Å². The van der Waals surface area contributed by atoms with Crippen LogP contribution >= 0.6 is 0 Å². The lowest BCUT2D eigenvalue weighted by Crippen LogP contribution is -2.24. The Morgan fingerprint density at radius 2 is 1.24 bits per heavy atom. The molecule has 2 unspecified atom stereocenters. The third-order valence-electron chi connectivity index (χ3n) is 5.77. The molecular weight excluding hydrogens is 420 g/mol. The second-order valence-electron chi connectivity index (χ2n) is 8.35. The normalized spacial score (nSPS) is 21.0. The Kier molecular flexibility index (Phi) is 6.82. The van der Waals surface area contributed by atoms with Crippen molar-refractivity contribution in [2.75, 3.05) is 0 Å². The number of cyclic esters (lactones) is 2. The molecule has 4 rings (SSSR count). The minimum Gasteiger partial charge on any atom is -0.455 e. The van der Waals surface area contributed by atoms with Gasteiger partial charge in [0.25, 0.3) is 0 Å². The summed E-state index contributed by atoms with van der Waals surface area (Å²) in [5.74, 6) is 0.679. The summed E-state index contributed by atoms with van der Waals surface area (Å²) in [4.78, 5) is 23.2. The molecule has 6 heteroatoms. The molecule has 0 spiro atoms. The van der Waals surface area contributed by atoms with Crippen molar-refractivity contribution < 1.29 is 28.5 Å². The molecule has 2 fully saturated rings. The Bertz CT molecular complexity index is 924. The van der Waals surface area contributed by atoms with Gasteiger partial charge in [0.1, 0.15) is 23.7 Å². The number of hydrogen-bond donors (Lipinski definition) is 0. The maximum atomic E-state index is 11.6. The molecule has 0 bridgehead atoms. The van der Waals surface area contributed by atoms with Gasteiger partial charge in [-0.1, -0.05) is 50.8 Å². The van der Waals surface area contributed by atoms with Gasteiger partial charge in [0.05, 0.1) is 0 Å². The van der Waals surface area contributed by atoms with Gasteiger partial charge >= 0.3 is 11.9 Å². The van der Waals surface area contributed by atoms with Crippen LogP contribution in [0.3, 0.4) is 0 Å². The monoisotopic (exact) mass is 448 g/mol. The second kappa shape index (κ2) is 9.94. The fourth-order valence-electron chi connectivity index (χ4n) is 3.83. The Hall–Kier alpha value is -3.54. The number of rotatable bonds is 9. The number of carbonyl (C=O) groups excluding carboxylic acids is 2. The average molecular weight is 449 g/mol. The van der Waals surface area contributed by atoms with Gasteiger partial charge in [-0.3, -0.25) is 0 Å². The van der Waals surface area contributed by atoms with Gasteiger partial charge in [0, 0.05) is 30.4 Å². The number of ether oxygens (including phenoxy) is 4. The Labute approximate surface area is 193 Å². The molecule has 0 amide bonds. The standard InChI is InChI=1S/C27H28O6/c1-4-5-6-25(30-21-11-7-19(8-12-21)23-15-17(2)26(28)32-23)31-22-13-9-20(10-14-22)24-16-18(3)27(29)33-24/h7-14,23-25H,2-6,15-16H2,1H3. The number of esters is 2. The van der Waals surface area contributed by atoms with Crippen LogP contribution in [0.2, 0.25) is 0 Å². The van der Waals surface area contributed by atoms with Crippen LogP contribution in [0.5, 0.6) is 11.5 Å². The van der Waals surface area contributed by atoms with Crippen molar-refractivity contribution in [1.29, 1.82) is 0 Å². The van der Waals surface area contributed by atoms with Gasteiger partial charge in [0.15, 0.2) is 0 Å². The van der Waals surface area contributed by atoms with Gasteiger partial charge < -0.3 is 18.9 Å². The zero-order valence-corrected chi connectivity index (χ0v) is 18.8. The highest BCUT2D eigenvalue weighted by atomic mass is 16.7. The van der Waals surface area contributed by atoms with Crippen LogP contribution < -0.4 is 9.47 Å². The minimum absolute atomic E-state index is 0.291. The zero-order chi connectivity index (χ0) is 23.4. The molecule has 0 aromatic heterocycles. The maximum Gasteiger partial charge on any atom is 0.334 e. The molecule has 2 saturated heterocycles. The van der Waals surface area contributed by atoms with Crippen molar-refractivity contribution >= 4 is 11.9 Å². The molecule has 2 aromatic rings. The number of carbonyl (C=O) groups is 2. The summed E-state index contributed by atoms with van der Waals surface area (Å²) < 4.78 is 22.9. The van der Waals surface area contributed by atoms with E-state index in [4.69, 9.17) is 18.9 Å². The predicted octanol–water partition coefficient (Wildman–Crippen LogP) is 5.75. The minimum atomic E-state index is -0.449. The van der Waals surface area contributed by atoms with E-state index in [0.717, 1.165) is 30.4 Å². The summed E-state index contributed by atoms with van der Waals surface area (Å²) in [5, 5.41) is 0. The Morgan fingerprint density at radius 1 is 0.818 bits per heavy atom. The third kappa shape index (κ3) is 5.45. The van der Waals surface area contributed by atoms with Crippen LogP contribution in [0.25, 0.3) is 0 Å². The van der Waals surface area contributed by atoms with E-state index in [1.54, 1.807) is 0 Å². The van der Waals surface area contributed by atoms with E-state index in [9.17, 15) is 9.59 Å². The molecule has 33 heavy (non-hydrogen) atoms. The molecular formula is C27H28O6. The first kappa shape index (κ1) is 22.6. The van der Waals surface area contributed by atoms with Crippen molar-refractivity contribution in [2.45, 2.75) is 57.5 Å². The van der Waals surface area contributed by atoms with Crippen molar-refractivity contribution in [3.8, 4) is 11.5 Å². The van der Waals surface area contributed by atoms with E-state index in [2.05, 4.69) is 20.1 Å². The van der Waals surface area contributed by atoms with E-state index in [0.29, 0.717) is 35.5 Å². The van der Waals surface area contributed by atoms with Gasteiger partial charge in [-0.05, 0) is 41.8 Å². The van der Waals surface area contributed by atoms with Crippen molar-refractivity contribution in [3.05, 3.63) is 84.0 Å². The molecule has 2 atom stereocenters. The highest BCUT2D eigenvalue weighted by Gasteiger charge is 2.29. The summed E-state index contributed by atoms with van der Waals surface area (Å²) in [7, 11) is 0. The molecule has 2 aliphatic heterocycles. The summed E-state index contributed by atoms with van der Waals surface area (Å²) in [5.41, 5.74) is 2.81. The lowest BCUT2D eigenvalue weighted by Gasteiger charge is -2.21. The number of unbranched alkanes of at least 4 members (excludes halogenated alkanes) is 1. The van der Waals surface area contributed by atoms with Gasteiger partial charge in [-0.15, -0.1) is 0 Å². The Morgan fingerprint density at radius 3 is 1.58 bits per heavy atom. The fourth-order valence-corrected chi connectivity index (χ4v) is 3.83. The molecule has 0 saturated carbocycles. The first-order chi connectivity index (χ1) is 15.9. The molecule has 0 N–H and O–H groups in total. The van der Waals surface area contributed by atoms with Crippen LogP contribution in [0.1, 0.15) is 62.4 Å². The molecule has 172 valence electrons. The van der Waals surface area contributed by atoms with E-state index >= 15 is 0 Å². The van der Waals surface area contributed by atoms with Crippen molar-refractivity contribution in [2.24, 2.45) is 0 Å².